The molecule has 1 N–H and O–H groups in total. The molecule has 2 amide bonds. The molecule has 4 unspecified atom stereocenters. The molecule has 1 aromatic carbocycles. The lowest BCUT2D eigenvalue weighted by atomic mass is 9.76. The highest BCUT2D eigenvalue weighted by Crippen LogP contribution is 2.36. The van der Waals surface area contributed by atoms with E-state index in [4.69, 9.17) is 0 Å². The van der Waals surface area contributed by atoms with E-state index in [0.717, 1.165) is 32.4 Å². The summed E-state index contributed by atoms with van der Waals surface area (Å²) in [5.74, 6) is 1.18. The number of aromatic nitrogens is 2. The Balaban J connectivity index is 1.35. The first-order chi connectivity index (χ1) is 12.7. The predicted octanol–water partition coefficient (Wildman–Crippen LogP) is 3.81. The van der Waals surface area contributed by atoms with Crippen LogP contribution in [-0.4, -0.2) is 39.8 Å². The van der Waals surface area contributed by atoms with Crippen molar-refractivity contribution in [1.29, 1.82) is 0 Å². The average Bonchev–Trinajstić information content (AvgIpc) is 3.33. The second kappa shape index (κ2) is 7.52. The van der Waals surface area contributed by atoms with Gasteiger partial charge in [0, 0.05) is 31.5 Å². The molecule has 1 aromatic heterocycles. The van der Waals surface area contributed by atoms with Gasteiger partial charge in [-0.25, -0.2) is 4.79 Å². The molecule has 4 rings (SSSR count). The van der Waals surface area contributed by atoms with E-state index in [1.165, 1.54) is 12.0 Å². The van der Waals surface area contributed by atoms with Gasteiger partial charge in [0.15, 0.2) is 0 Å². The third-order valence-electron chi connectivity index (χ3n) is 5.89. The lowest BCUT2D eigenvalue weighted by Gasteiger charge is -2.35. The summed E-state index contributed by atoms with van der Waals surface area (Å²) in [6.07, 6.45) is 8.08. The molecule has 5 nitrogen and oxygen atoms in total. The molecule has 1 aliphatic heterocycles. The molecule has 1 aliphatic carbocycles. The van der Waals surface area contributed by atoms with Crippen LogP contribution in [-0.2, 0) is 0 Å². The van der Waals surface area contributed by atoms with Crippen molar-refractivity contribution in [3.8, 4) is 0 Å². The van der Waals surface area contributed by atoms with Crippen molar-refractivity contribution in [2.45, 2.75) is 50.6 Å². The first kappa shape index (κ1) is 17.1. The van der Waals surface area contributed by atoms with Gasteiger partial charge in [0.25, 0.3) is 0 Å². The van der Waals surface area contributed by atoms with Crippen molar-refractivity contribution in [3.63, 3.8) is 0 Å². The number of hydrogen-bond donors (Lipinski definition) is 1. The standard InChI is InChI=1S/C21H28N4O/c1-16-12-18(17-6-3-2-4-7-17)14-19(13-16)23-21(26)24-11-8-20(15-24)25-10-5-9-22-25/h2-7,9-10,16,18-20H,8,11-15H2,1H3,(H,23,26). The van der Waals surface area contributed by atoms with Gasteiger partial charge in [0.1, 0.15) is 0 Å². The van der Waals surface area contributed by atoms with Crippen molar-refractivity contribution in [2.75, 3.05) is 13.1 Å². The Hall–Kier alpha value is -2.30. The largest absolute Gasteiger partial charge is 0.335 e. The SMILES string of the molecule is CC1CC(NC(=O)N2CCC(n3cccn3)C2)CC(c2ccccc2)C1. The van der Waals surface area contributed by atoms with Crippen LogP contribution in [0, 0.1) is 5.92 Å². The molecule has 0 spiro atoms. The van der Waals surface area contributed by atoms with E-state index < -0.39 is 0 Å². The van der Waals surface area contributed by atoms with Gasteiger partial charge < -0.3 is 10.2 Å². The molecule has 4 atom stereocenters. The van der Waals surface area contributed by atoms with Gasteiger partial charge in [-0.3, -0.25) is 4.68 Å². The van der Waals surface area contributed by atoms with Gasteiger partial charge in [-0.15, -0.1) is 0 Å². The molecule has 138 valence electrons. The summed E-state index contributed by atoms with van der Waals surface area (Å²) in [4.78, 5) is 14.7. The summed E-state index contributed by atoms with van der Waals surface area (Å²) in [5, 5.41) is 7.63. The maximum atomic E-state index is 12.8. The average molecular weight is 352 g/mol. The normalized spacial score (nSPS) is 28.9. The fourth-order valence-electron chi connectivity index (χ4n) is 4.62. The Bertz CT molecular complexity index is 715. The smallest absolute Gasteiger partial charge is 0.317 e. The molecule has 2 aromatic rings. The Morgan fingerprint density at radius 2 is 2.00 bits per heavy atom. The monoisotopic (exact) mass is 352 g/mol. The molecule has 5 heteroatoms. The third kappa shape index (κ3) is 3.76. The highest BCUT2D eigenvalue weighted by atomic mass is 16.2. The number of likely N-dealkylation sites (tertiary alicyclic amines) is 1. The molecule has 0 bridgehead atoms. The summed E-state index contributed by atoms with van der Waals surface area (Å²) >= 11 is 0. The number of hydrogen-bond acceptors (Lipinski definition) is 2. The van der Waals surface area contributed by atoms with Gasteiger partial charge in [-0.1, -0.05) is 37.3 Å². The van der Waals surface area contributed by atoms with Crippen LogP contribution in [0.15, 0.2) is 48.8 Å². The zero-order chi connectivity index (χ0) is 17.9. The third-order valence-corrected chi connectivity index (χ3v) is 5.89. The minimum Gasteiger partial charge on any atom is -0.335 e. The van der Waals surface area contributed by atoms with Crippen LogP contribution >= 0.6 is 0 Å². The maximum absolute atomic E-state index is 12.8. The fraction of sp³-hybridized carbons (Fsp3) is 0.524. The van der Waals surface area contributed by atoms with E-state index >= 15 is 0 Å². The van der Waals surface area contributed by atoms with E-state index in [1.54, 1.807) is 6.20 Å². The Morgan fingerprint density at radius 1 is 1.15 bits per heavy atom. The van der Waals surface area contributed by atoms with Crippen LogP contribution in [0.4, 0.5) is 4.79 Å². The topological polar surface area (TPSA) is 50.2 Å². The Morgan fingerprint density at radius 3 is 2.77 bits per heavy atom. The Labute approximate surface area is 155 Å². The van der Waals surface area contributed by atoms with E-state index in [2.05, 4.69) is 47.7 Å². The summed E-state index contributed by atoms with van der Waals surface area (Å²) in [6.45, 7) is 3.86. The lowest BCUT2D eigenvalue weighted by molar-refractivity contribution is 0.192. The van der Waals surface area contributed by atoms with Crippen LogP contribution in [0.3, 0.4) is 0 Å². The summed E-state index contributed by atoms with van der Waals surface area (Å²) in [7, 11) is 0. The zero-order valence-corrected chi connectivity index (χ0v) is 15.4. The lowest BCUT2D eigenvalue weighted by Crippen LogP contribution is -2.46. The maximum Gasteiger partial charge on any atom is 0.317 e. The number of urea groups is 1. The van der Waals surface area contributed by atoms with Gasteiger partial charge in [0.05, 0.1) is 6.04 Å². The molecule has 1 saturated carbocycles. The second-order valence-electron chi connectivity index (χ2n) is 7.94. The molecular weight excluding hydrogens is 324 g/mol. The van der Waals surface area contributed by atoms with Crippen molar-refractivity contribution in [2.24, 2.45) is 5.92 Å². The van der Waals surface area contributed by atoms with E-state index in [9.17, 15) is 4.79 Å². The number of benzene rings is 1. The highest BCUT2D eigenvalue weighted by molar-refractivity contribution is 5.74. The van der Waals surface area contributed by atoms with Crippen LogP contribution in [0.2, 0.25) is 0 Å². The molecule has 2 aliphatic rings. The number of carbonyl (C=O) groups is 1. The zero-order valence-electron chi connectivity index (χ0n) is 15.4. The summed E-state index contributed by atoms with van der Waals surface area (Å²) in [6, 6.07) is 13.3. The number of nitrogens with one attached hydrogen (secondary N) is 1. The quantitative estimate of drug-likeness (QED) is 0.913. The summed E-state index contributed by atoms with van der Waals surface area (Å²) < 4.78 is 1.97. The van der Waals surface area contributed by atoms with Gasteiger partial charge >= 0.3 is 6.03 Å². The fourth-order valence-corrected chi connectivity index (χ4v) is 4.62. The van der Waals surface area contributed by atoms with E-state index in [-0.39, 0.29) is 12.1 Å². The number of nitrogens with zero attached hydrogens (tertiary/aromatic N) is 3. The number of amides is 2. The van der Waals surface area contributed by atoms with Gasteiger partial charge in [0.2, 0.25) is 0 Å². The summed E-state index contributed by atoms with van der Waals surface area (Å²) in [5.41, 5.74) is 1.40. The van der Waals surface area contributed by atoms with Crippen LogP contribution < -0.4 is 5.32 Å². The van der Waals surface area contributed by atoms with Crippen molar-refractivity contribution < 1.29 is 4.79 Å². The van der Waals surface area contributed by atoms with E-state index in [0.29, 0.717) is 17.9 Å². The first-order valence-electron chi connectivity index (χ1n) is 9.78. The van der Waals surface area contributed by atoms with Crippen LogP contribution in [0.1, 0.15) is 50.1 Å². The molecule has 1 saturated heterocycles. The van der Waals surface area contributed by atoms with Gasteiger partial charge in [-0.2, -0.15) is 5.10 Å². The minimum absolute atomic E-state index is 0.0885. The molecule has 2 fully saturated rings. The second-order valence-corrected chi connectivity index (χ2v) is 7.94. The van der Waals surface area contributed by atoms with Crippen LogP contribution in [0.5, 0.6) is 0 Å². The predicted molar refractivity (Wildman–Crippen MR) is 102 cm³/mol. The number of rotatable bonds is 3. The van der Waals surface area contributed by atoms with E-state index in [1.807, 2.05) is 21.8 Å². The van der Waals surface area contributed by atoms with Crippen LogP contribution in [0.25, 0.3) is 0 Å². The number of carbonyl (C=O) groups excluding carboxylic acids is 1. The molecule has 26 heavy (non-hydrogen) atoms. The Kier molecular flexibility index (Phi) is 4.96. The van der Waals surface area contributed by atoms with Crippen molar-refractivity contribution in [1.82, 2.24) is 20.0 Å². The minimum atomic E-state index is 0.0885. The highest BCUT2D eigenvalue weighted by Gasteiger charge is 2.32. The molecular formula is C21H28N4O. The molecule has 0 radical (unpaired) electrons. The van der Waals surface area contributed by atoms with Gasteiger partial charge in [-0.05, 0) is 49.1 Å². The van der Waals surface area contributed by atoms with Crippen molar-refractivity contribution >= 4 is 6.03 Å². The van der Waals surface area contributed by atoms with Crippen molar-refractivity contribution in [3.05, 3.63) is 54.4 Å². The molecule has 2 heterocycles. The first-order valence-corrected chi connectivity index (χ1v) is 9.78.